The van der Waals surface area contributed by atoms with Crippen LogP contribution in [-0.4, -0.2) is 61.9 Å². The van der Waals surface area contributed by atoms with Crippen molar-refractivity contribution in [1.82, 2.24) is 9.47 Å². The van der Waals surface area contributed by atoms with E-state index in [-0.39, 0.29) is 4.65 Å². The van der Waals surface area contributed by atoms with Gasteiger partial charge < -0.3 is 24.2 Å². The maximum Gasteiger partial charge on any atom is 0.0797 e. The molecule has 1 aromatic heterocycles. The Morgan fingerprint density at radius 1 is 0.698 bits per heavy atom. The van der Waals surface area contributed by atoms with E-state index in [0.717, 1.165) is 32.4 Å². The van der Waals surface area contributed by atoms with Gasteiger partial charge in [-0.1, -0.05) is 67.4 Å². The number of rotatable bonds is 8. The lowest BCUT2D eigenvalue weighted by Gasteiger charge is -2.35. The van der Waals surface area contributed by atoms with E-state index in [1.807, 2.05) is 0 Å². The lowest BCUT2D eigenvalue weighted by atomic mass is 9.97. The molecule has 2 aliphatic rings. The van der Waals surface area contributed by atoms with Crippen molar-refractivity contribution in [3.05, 3.63) is 100 Å². The molecule has 5 heteroatoms. The van der Waals surface area contributed by atoms with E-state index >= 15 is 0 Å². The molecule has 0 N–H and O–H groups in total. The second-order valence-corrected chi connectivity index (χ2v) is 13.2. The van der Waals surface area contributed by atoms with E-state index in [0.29, 0.717) is 6.54 Å². The van der Waals surface area contributed by atoms with Crippen LogP contribution in [0, 0.1) is 5.21 Å². The fraction of sp³-hybridized carbons (Fsp3) is 0.474. The quantitative estimate of drug-likeness (QED) is 0.156. The zero-order chi connectivity index (χ0) is 30.2. The average molecular weight is 581 g/mol. The molecule has 3 aromatic carbocycles. The van der Waals surface area contributed by atoms with E-state index < -0.39 is 0 Å². The molecule has 0 fully saturated rings. The van der Waals surface area contributed by atoms with E-state index in [1.54, 1.807) is 25.4 Å². The number of aromatic nitrogens is 1. The third-order valence-corrected chi connectivity index (χ3v) is 9.08. The number of hydroxylamine groups is 3. The molecule has 0 bridgehead atoms. The number of nitrogens with zero attached hydrogens (tertiary/aromatic N) is 4. The highest BCUT2D eigenvalue weighted by molar-refractivity contribution is 5.85. The van der Waals surface area contributed by atoms with Crippen molar-refractivity contribution in [2.24, 2.45) is 0 Å². The third-order valence-electron chi connectivity index (χ3n) is 9.08. The van der Waals surface area contributed by atoms with Crippen LogP contribution in [0.15, 0.2) is 72.8 Å². The molecule has 0 unspecified atom stereocenters. The number of aryl methyl sites for hydroxylation is 4. The van der Waals surface area contributed by atoms with E-state index in [1.165, 1.54) is 84.9 Å². The summed E-state index contributed by atoms with van der Waals surface area (Å²) in [4.78, 5) is 4.68. The number of quaternary nitrogens is 1. The Hall–Kier alpha value is -3.12. The Bertz CT molecular complexity index is 1420. The Kier molecular flexibility index (Phi) is 10.6. The summed E-state index contributed by atoms with van der Waals surface area (Å²) >= 11 is 0. The van der Waals surface area contributed by atoms with Crippen LogP contribution in [0.25, 0.3) is 10.9 Å². The topological polar surface area (TPSA) is 34.5 Å². The predicted octanol–water partition coefficient (Wildman–Crippen LogP) is 8.14. The first-order valence-electron chi connectivity index (χ1n) is 16.5. The van der Waals surface area contributed by atoms with Crippen molar-refractivity contribution in [3.63, 3.8) is 0 Å². The van der Waals surface area contributed by atoms with Gasteiger partial charge in [-0.3, -0.25) is 0 Å². The van der Waals surface area contributed by atoms with Crippen molar-refractivity contribution in [2.75, 3.05) is 52.7 Å². The standard InChI is InChI=1S/C19H24N2O.C19H28N2/c1-21(2,22)15-7-14-20-18-10-5-3-8-16(18)12-13-17-9-4-6-11-19(17)20;1-20(2)14-9-15-21-18-12-6-4-3-5-10-16(18)17-11-7-8-13-19(17)21/h3-6,8-11H,7,12-15H2,1-2H3;7-8,11,13H,3-6,9-10,12,14-15H2,1-2H3. The van der Waals surface area contributed by atoms with Gasteiger partial charge in [-0.2, -0.15) is 0 Å². The largest absolute Gasteiger partial charge is 0.633 e. The summed E-state index contributed by atoms with van der Waals surface area (Å²) in [6, 6.07) is 26.3. The molecular formula is C38H52N4O. The lowest BCUT2D eigenvalue weighted by Crippen LogP contribution is -2.35. The molecule has 0 amide bonds. The van der Waals surface area contributed by atoms with Gasteiger partial charge in [-0.05, 0) is 100 Å². The van der Waals surface area contributed by atoms with Crippen LogP contribution in [0.5, 0.6) is 0 Å². The Labute approximate surface area is 259 Å². The summed E-state index contributed by atoms with van der Waals surface area (Å²) < 4.78 is 2.40. The number of hydrogen-bond acceptors (Lipinski definition) is 3. The highest BCUT2D eigenvalue weighted by Crippen LogP contribution is 2.36. The molecule has 43 heavy (non-hydrogen) atoms. The minimum absolute atomic E-state index is 0.225. The van der Waals surface area contributed by atoms with Crippen molar-refractivity contribution in [1.29, 1.82) is 0 Å². The third kappa shape index (κ3) is 8.08. The zero-order valence-corrected chi connectivity index (χ0v) is 27.0. The van der Waals surface area contributed by atoms with E-state index in [9.17, 15) is 5.21 Å². The molecule has 2 heterocycles. The lowest BCUT2D eigenvalue weighted by molar-refractivity contribution is -0.840. The molecule has 0 saturated heterocycles. The molecule has 1 aliphatic heterocycles. The molecule has 0 atom stereocenters. The second-order valence-electron chi connectivity index (χ2n) is 13.2. The van der Waals surface area contributed by atoms with Crippen molar-refractivity contribution in [2.45, 2.75) is 70.8 Å². The van der Waals surface area contributed by atoms with Crippen molar-refractivity contribution in [3.8, 4) is 0 Å². The first-order valence-corrected chi connectivity index (χ1v) is 16.5. The van der Waals surface area contributed by atoms with Crippen LogP contribution in [0.2, 0.25) is 0 Å². The molecule has 4 aromatic rings. The molecule has 5 nitrogen and oxygen atoms in total. The number of anilines is 2. The molecule has 6 rings (SSSR count). The summed E-state index contributed by atoms with van der Waals surface area (Å²) in [5.41, 5.74) is 10.1. The molecule has 230 valence electrons. The first kappa shape index (κ1) is 31.3. The Morgan fingerprint density at radius 2 is 1.30 bits per heavy atom. The van der Waals surface area contributed by atoms with Gasteiger partial charge in [0.05, 0.1) is 20.6 Å². The molecular weight excluding hydrogens is 528 g/mol. The number of para-hydroxylation sites is 3. The van der Waals surface area contributed by atoms with Gasteiger partial charge >= 0.3 is 0 Å². The van der Waals surface area contributed by atoms with Gasteiger partial charge in [0.2, 0.25) is 0 Å². The van der Waals surface area contributed by atoms with Gasteiger partial charge in [0.15, 0.2) is 0 Å². The summed E-state index contributed by atoms with van der Waals surface area (Å²) in [6.45, 7) is 3.86. The maximum absolute atomic E-state index is 11.8. The maximum atomic E-state index is 11.8. The van der Waals surface area contributed by atoms with E-state index in [4.69, 9.17) is 0 Å². The van der Waals surface area contributed by atoms with Crippen LogP contribution in [-0.2, 0) is 32.2 Å². The summed E-state index contributed by atoms with van der Waals surface area (Å²) in [6.07, 6.45) is 12.3. The monoisotopic (exact) mass is 580 g/mol. The van der Waals surface area contributed by atoms with Gasteiger partial charge in [-0.25, -0.2) is 0 Å². The van der Waals surface area contributed by atoms with Gasteiger partial charge in [-0.15, -0.1) is 0 Å². The number of hydrogen-bond donors (Lipinski definition) is 0. The smallest absolute Gasteiger partial charge is 0.0797 e. The zero-order valence-electron chi connectivity index (χ0n) is 27.0. The van der Waals surface area contributed by atoms with Crippen LogP contribution in [0.1, 0.15) is 60.9 Å². The predicted molar refractivity (Wildman–Crippen MR) is 183 cm³/mol. The van der Waals surface area contributed by atoms with Crippen LogP contribution in [0.3, 0.4) is 0 Å². The first-order chi connectivity index (χ1) is 20.8. The molecule has 0 spiro atoms. The summed E-state index contributed by atoms with van der Waals surface area (Å²) in [5, 5.41) is 13.3. The van der Waals surface area contributed by atoms with Crippen molar-refractivity contribution >= 4 is 22.3 Å². The second kappa shape index (κ2) is 14.6. The minimum Gasteiger partial charge on any atom is -0.633 e. The minimum atomic E-state index is -0.225. The number of fused-ring (bicyclic) bond motifs is 5. The fourth-order valence-electron chi connectivity index (χ4n) is 6.96. The fourth-order valence-corrected chi connectivity index (χ4v) is 6.96. The van der Waals surface area contributed by atoms with Crippen LogP contribution in [0.4, 0.5) is 11.4 Å². The molecule has 1 aliphatic carbocycles. The summed E-state index contributed by atoms with van der Waals surface area (Å²) in [5.74, 6) is 0. The molecule has 0 radical (unpaired) electrons. The van der Waals surface area contributed by atoms with Gasteiger partial charge in [0, 0.05) is 47.5 Å². The van der Waals surface area contributed by atoms with Crippen molar-refractivity contribution < 1.29 is 4.65 Å². The average Bonchev–Trinajstić information content (AvgIpc) is 3.15. The normalized spacial score (nSPS) is 15.1. The Balaban J connectivity index is 0.000000171. The highest BCUT2D eigenvalue weighted by atomic mass is 16.5. The van der Waals surface area contributed by atoms with E-state index in [2.05, 4.69) is 101 Å². The van der Waals surface area contributed by atoms with Gasteiger partial charge in [0.25, 0.3) is 0 Å². The molecule has 0 saturated carbocycles. The van der Waals surface area contributed by atoms with Gasteiger partial charge in [0.1, 0.15) is 0 Å². The number of benzene rings is 3. The summed E-state index contributed by atoms with van der Waals surface area (Å²) in [7, 11) is 7.76. The van der Waals surface area contributed by atoms with Crippen LogP contribution >= 0.6 is 0 Å². The Morgan fingerprint density at radius 3 is 1.95 bits per heavy atom. The van der Waals surface area contributed by atoms with Crippen LogP contribution < -0.4 is 4.90 Å². The highest BCUT2D eigenvalue weighted by Gasteiger charge is 2.20. The SMILES string of the molecule is CN(C)CCCn1c2c(c3ccccc31)CCCCCC2.C[N+](C)([O-])CCCN1c2ccccc2CCc2ccccc21.